The van der Waals surface area contributed by atoms with E-state index in [1.54, 1.807) is 11.3 Å². The molecule has 0 fully saturated rings. The minimum Gasteiger partial charge on any atom is -1.00 e. The zero-order valence-electron chi connectivity index (χ0n) is 25.7. The Labute approximate surface area is 272 Å². The summed E-state index contributed by atoms with van der Waals surface area (Å²) in [6, 6.07) is 0. The average Bonchev–Trinajstić information content (AvgIpc) is 3.46. The molecule has 1 rings (SSSR count). The number of aromatic nitrogens is 1. The van der Waals surface area contributed by atoms with Crippen molar-refractivity contribution in [1.29, 1.82) is 0 Å². The third-order valence-corrected chi connectivity index (χ3v) is 9.47. The maximum absolute atomic E-state index is 12.2. The quantitative estimate of drug-likeness (QED) is 0.101. The Morgan fingerprint density at radius 2 is 1.44 bits per heavy atom. The van der Waals surface area contributed by atoms with Crippen LogP contribution in [-0.2, 0) is 25.9 Å². The fourth-order valence-electron chi connectivity index (χ4n) is 4.57. The number of amides is 1. The first-order chi connectivity index (χ1) is 19.5. The summed E-state index contributed by atoms with van der Waals surface area (Å²) in [4.78, 5) is 15.1. The number of aryl methyl sites for hydroxylation is 1. The number of carbonyl (C=O) groups excluding carboxylic acids is 1. The standard InChI is InChI=1S/C30H57N3O5S2.HI/c1-3-4-5-6-7-8-9-10-11-12-13-14-15-16-17-19-22-32-30(34)38-27-28(37-2)26-33-40(35,36)25-20-18-21-29-31-23-24-39-29;/h23-24,28,33H,3-22,25-27H2,1-2H3,(H,32,34);1H. The van der Waals surface area contributed by atoms with Gasteiger partial charge in [0.15, 0.2) is 6.20 Å². The van der Waals surface area contributed by atoms with E-state index in [1.807, 2.05) is 11.6 Å². The number of hydrogen-bond donors (Lipinski definition) is 2. The van der Waals surface area contributed by atoms with E-state index >= 15 is 0 Å². The van der Waals surface area contributed by atoms with Crippen LogP contribution in [0, 0.1) is 0 Å². The van der Waals surface area contributed by atoms with Gasteiger partial charge in [-0.15, -0.1) is 0 Å². The van der Waals surface area contributed by atoms with Crippen molar-refractivity contribution in [3.63, 3.8) is 0 Å². The second kappa shape index (κ2) is 28.3. The maximum atomic E-state index is 12.2. The van der Waals surface area contributed by atoms with Gasteiger partial charge in [-0.25, -0.2) is 22.9 Å². The number of H-pyrrole nitrogens is 1. The summed E-state index contributed by atoms with van der Waals surface area (Å²) in [5.74, 6) is 0.0649. The lowest BCUT2D eigenvalue weighted by atomic mass is 10.0. The van der Waals surface area contributed by atoms with E-state index in [2.05, 4.69) is 21.9 Å². The van der Waals surface area contributed by atoms with Gasteiger partial charge in [0.25, 0.3) is 0 Å². The smallest absolute Gasteiger partial charge is 0.407 e. The molecule has 8 nitrogen and oxygen atoms in total. The van der Waals surface area contributed by atoms with Crippen molar-refractivity contribution in [2.24, 2.45) is 0 Å². The second-order valence-corrected chi connectivity index (χ2v) is 13.7. The minimum atomic E-state index is -3.40. The summed E-state index contributed by atoms with van der Waals surface area (Å²) < 4.78 is 37.5. The Bertz CT molecular complexity index is 813. The number of unbranched alkanes of at least 4 members (excludes halogenated alkanes) is 16. The Hall–Kier alpha value is -0.500. The number of sulfonamides is 1. The van der Waals surface area contributed by atoms with Crippen LogP contribution in [0.25, 0.3) is 0 Å². The molecular formula is C30H58IN3O5S2. The van der Waals surface area contributed by atoms with Crippen LogP contribution < -0.4 is 39.0 Å². The monoisotopic (exact) mass is 731 g/mol. The molecule has 1 atom stereocenters. The van der Waals surface area contributed by atoms with E-state index in [-0.39, 0.29) is 42.9 Å². The van der Waals surface area contributed by atoms with Crippen LogP contribution in [0.15, 0.2) is 11.6 Å². The maximum Gasteiger partial charge on any atom is 0.407 e. The number of nitrogens with one attached hydrogen (secondary N) is 3. The lowest BCUT2D eigenvalue weighted by molar-refractivity contribution is -0.382. The highest BCUT2D eigenvalue weighted by molar-refractivity contribution is 7.89. The Kier molecular flexibility index (Phi) is 27.9. The number of methoxy groups -OCH3 is 1. The van der Waals surface area contributed by atoms with Gasteiger partial charge in [-0.1, -0.05) is 115 Å². The predicted octanol–water partition coefficient (Wildman–Crippen LogP) is 3.81. The largest absolute Gasteiger partial charge is 1.00 e. The first kappa shape index (κ1) is 40.5. The normalized spacial score (nSPS) is 12.1. The number of halogens is 1. The Morgan fingerprint density at radius 3 is 1.95 bits per heavy atom. The van der Waals surface area contributed by atoms with Crippen molar-refractivity contribution in [1.82, 2.24) is 10.0 Å². The number of aromatic amines is 1. The van der Waals surface area contributed by atoms with E-state index in [1.165, 1.54) is 97.0 Å². The molecule has 0 saturated heterocycles. The van der Waals surface area contributed by atoms with Crippen molar-refractivity contribution in [3.05, 3.63) is 16.6 Å². The molecule has 1 unspecified atom stereocenters. The second-order valence-electron chi connectivity index (χ2n) is 10.8. The molecule has 0 aromatic carbocycles. The molecule has 242 valence electrons. The van der Waals surface area contributed by atoms with Gasteiger partial charge in [0.05, 0.1) is 11.1 Å². The third kappa shape index (κ3) is 25.7. The number of alkyl carbamates (subject to hydrolysis) is 1. The Morgan fingerprint density at radius 1 is 0.878 bits per heavy atom. The molecule has 1 heterocycles. The molecule has 0 bridgehead atoms. The fraction of sp³-hybridized carbons (Fsp3) is 0.867. The van der Waals surface area contributed by atoms with Crippen LogP contribution in [0.1, 0.15) is 128 Å². The van der Waals surface area contributed by atoms with E-state index in [4.69, 9.17) is 9.47 Å². The number of ether oxygens (including phenoxy) is 2. The summed E-state index contributed by atoms with van der Waals surface area (Å²) in [6.07, 6.45) is 24.2. The average molecular weight is 732 g/mol. The number of rotatable bonds is 28. The van der Waals surface area contributed by atoms with Gasteiger partial charge in [0, 0.05) is 26.6 Å². The van der Waals surface area contributed by atoms with Crippen LogP contribution in [0.3, 0.4) is 0 Å². The molecule has 0 aliphatic carbocycles. The van der Waals surface area contributed by atoms with Crippen molar-refractivity contribution in [3.8, 4) is 0 Å². The van der Waals surface area contributed by atoms with Crippen LogP contribution in [-0.4, -0.2) is 53.2 Å². The summed E-state index contributed by atoms with van der Waals surface area (Å²) in [7, 11) is -1.92. The van der Waals surface area contributed by atoms with Crippen molar-refractivity contribution < 1.29 is 51.6 Å². The van der Waals surface area contributed by atoms with E-state index < -0.39 is 22.2 Å². The number of carbonyl (C=O) groups is 1. The highest BCUT2D eigenvalue weighted by Gasteiger charge is 2.16. The topological polar surface area (TPSA) is 108 Å². The molecule has 0 radical (unpaired) electrons. The van der Waals surface area contributed by atoms with Gasteiger partial charge in [-0.05, 0) is 19.3 Å². The van der Waals surface area contributed by atoms with Gasteiger partial charge in [-0.2, -0.15) is 0 Å². The van der Waals surface area contributed by atoms with Gasteiger partial charge in [-0.3, -0.25) is 0 Å². The van der Waals surface area contributed by atoms with Gasteiger partial charge in [0.2, 0.25) is 15.0 Å². The molecular weight excluding hydrogens is 673 g/mol. The molecule has 41 heavy (non-hydrogen) atoms. The molecule has 0 spiro atoms. The van der Waals surface area contributed by atoms with E-state index in [9.17, 15) is 13.2 Å². The first-order valence-electron chi connectivity index (χ1n) is 15.8. The molecule has 1 aromatic rings. The minimum absolute atomic E-state index is 0. The van der Waals surface area contributed by atoms with Gasteiger partial charge >= 0.3 is 6.09 Å². The lowest BCUT2D eigenvalue weighted by Gasteiger charge is -2.16. The van der Waals surface area contributed by atoms with Gasteiger partial charge < -0.3 is 38.8 Å². The molecule has 0 aliphatic heterocycles. The van der Waals surface area contributed by atoms with Crippen LogP contribution in [0.2, 0.25) is 0 Å². The predicted molar refractivity (Wildman–Crippen MR) is 165 cm³/mol. The highest BCUT2D eigenvalue weighted by atomic mass is 127. The Balaban J connectivity index is 0.0000160. The van der Waals surface area contributed by atoms with E-state index in [0.717, 1.165) is 30.7 Å². The van der Waals surface area contributed by atoms with E-state index in [0.29, 0.717) is 13.0 Å². The highest BCUT2D eigenvalue weighted by Crippen LogP contribution is 2.13. The number of hydrogen-bond acceptors (Lipinski definition) is 6. The zero-order valence-corrected chi connectivity index (χ0v) is 29.5. The van der Waals surface area contributed by atoms with Gasteiger partial charge in [0.1, 0.15) is 12.7 Å². The van der Waals surface area contributed by atoms with Crippen LogP contribution >= 0.6 is 11.3 Å². The third-order valence-electron chi connectivity index (χ3n) is 7.15. The molecule has 0 aliphatic rings. The molecule has 0 saturated carbocycles. The molecule has 1 aromatic heterocycles. The summed E-state index contributed by atoms with van der Waals surface area (Å²) in [5.41, 5.74) is 0. The SMILES string of the molecule is CCCCCCCCCCCCCCCCCCNC(=O)OCC(CNS(=O)(=O)CCCCc1[nH+]ccs1)OC.[I-]. The molecule has 1 amide bonds. The molecule has 11 heteroatoms. The first-order valence-corrected chi connectivity index (χ1v) is 18.3. The molecule has 3 N–H and O–H groups in total. The van der Waals surface area contributed by atoms with Crippen molar-refractivity contribution in [2.75, 3.05) is 32.6 Å². The lowest BCUT2D eigenvalue weighted by Crippen LogP contribution is -3.00. The van der Waals surface area contributed by atoms with Crippen molar-refractivity contribution in [2.45, 2.75) is 135 Å². The summed E-state index contributed by atoms with van der Waals surface area (Å²) in [6.45, 7) is 2.93. The van der Waals surface area contributed by atoms with Crippen molar-refractivity contribution >= 4 is 27.5 Å². The van der Waals surface area contributed by atoms with Crippen LogP contribution in [0.4, 0.5) is 4.79 Å². The zero-order chi connectivity index (χ0) is 29.2. The van der Waals surface area contributed by atoms with Crippen LogP contribution in [0.5, 0.6) is 0 Å². The summed E-state index contributed by atoms with van der Waals surface area (Å²) in [5, 5.41) is 5.90. The fourth-order valence-corrected chi connectivity index (χ4v) is 6.44. The summed E-state index contributed by atoms with van der Waals surface area (Å²) >= 11 is 1.64. The number of thiazole rings is 1.